The number of likely N-dealkylation sites (N-methyl/N-ethyl adjacent to an activating group) is 1. The van der Waals surface area contributed by atoms with Crippen LogP contribution < -0.4 is 14.9 Å². The summed E-state index contributed by atoms with van der Waals surface area (Å²) in [6.45, 7) is -0.308. The molecule has 2 N–H and O–H groups in total. The topological polar surface area (TPSA) is 98.8 Å². The summed E-state index contributed by atoms with van der Waals surface area (Å²) >= 11 is 6.11. The van der Waals surface area contributed by atoms with E-state index in [9.17, 15) is 18.0 Å². The van der Waals surface area contributed by atoms with Crippen molar-refractivity contribution in [3.63, 3.8) is 0 Å². The Kier molecular flexibility index (Phi) is 7.05. The Hall–Kier alpha value is -3.82. The van der Waals surface area contributed by atoms with Crippen LogP contribution in [0.2, 0.25) is 5.02 Å². The Morgan fingerprint density at radius 1 is 1.00 bits per heavy atom. The highest BCUT2D eigenvalue weighted by Crippen LogP contribution is 2.38. The molecule has 4 rings (SSSR count). The average Bonchev–Trinajstić information content (AvgIpc) is 3.15. The monoisotopic (exact) mass is 524 g/mol. The first-order valence-electron chi connectivity index (χ1n) is 11.0. The minimum atomic E-state index is -3.69. The van der Waals surface area contributed by atoms with Crippen LogP contribution in [0.1, 0.15) is 11.1 Å². The van der Waals surface area contributed by atoms with Gasteiger partial charge in [-0.3, -0.25) is 13.9 Å². The van der Waals surface area contributed by atoms with Gasteiger partial charge in [0.05, 0.1) is 28.9 Å². The Balaban J connectivity index is 1.73. The summed E-state index contributed by atoms with van der Waals surface area (Å²) < 4.78 is 25.8. The van der Waals surface area contributed by atoms with Crippen molar-refractivity contribution in [3.05, 3.63) is 88.9 Å². The highest BCUT2D eigenvalue weighted by Gasteiger charge is 2.29. The molecule has 3 aromatic carbocycles. The van der Waals surface area contributed by atoms with Crippen molar-refractivity contribution in [1.29, 1.82) is 0 Å². The number of carbonyl (C=O) groups excluding carboxylic acids is 2. The van der Waals surface area contributed by atoms with E-state index < -0.39 is 10.0 Å². The van der Waals surface area contributed by atoms with Crippen LogP contribution in [0, 0.1) is 0 Å². The molecule has 0 unspecified atom stereocenters. The summed E-state index contributed by atoms with van der Waals surface area (Å²) in [5, 5.41) is 6.71. The molecule has 0 aliphatic carbocycles. The zero-order valence-electron chi connectivity index (χ0n) is 19.9. The lowest BCUT2D eigenvalue weighted by molar-refractivity contribution is -0.127. The highest BCUT2D eigenvalue weighted by atomic mass is 35.5. The molecule has 0 radical (unpaired) electrons. The van der Waals surface area contributed by atoms with Gasteiger partial charge in [0.2, 0.25) is 15.9 Å². The van der Waals surface area contributed by atoms with E-state index in [1.165, 1.54) is 4.90 Å². The number of halogens is 1. The lowest BCUT2D eigenvalue weighted by Gasteiger charge is -2.24. The zero-order valence-corrected chi connectivity index (χ0v) is 21.5. The number of fused-ring (bicyclic) bond motifs is 1. The van der Waals surface area contributed by atoms with Crippen LogP contribution in [0.5, 0.6) is 0 Å². The number of benzene rings is 3. The van der Waals surface area contributed by atoms with Crippen LogP contribution in [-0.2, 0) is 19.6 Å². The van der Waals surface area contributed by atoms with Crippen molar-refractivity contribution >= 4 is 61.8 Å². The lowest BCUT2D eigenvalue weighted by atomic mass is 10.00. The van der Waals surface area contributed by atoms with Crippen molar-refractivity contribution in [2.45, 2.75) is 0 Å². The molecule has 36 heavy (non-hydrogen) atoms. The quantitative estimate of drug-likeness (QED) is 0.453. The smallest absolute Gasteiger partial charge is 0.258 e. The Bertz CT molecular complexity index is 1450. The fourth-order valence-electron chi connectivity index (χ4n) is 3.80. The Morgan fingerprint density at radius 3 is 2.28 bits per heavy atom. The molecule has 10 heteroatoms. The molecule has 1 aliphatic heterocycles. The van der Waals surface area contributed by atoms with Gasteiger partial charge in [-0.2, -0.15) is 0 Å². The number of anilines is 3. The van der Waals surface area contributed by atoms with E-state index in [0.29, 0.717) is 33.4 Å². The molecule has 0 aromatic heterocycles. The van der Waals surface area contributed by atoms with Crippen LogP contribution in [0.25, 0.3) is 11.3 Å². The summed E-state index contributed by atoms with van der Waals surface area (Å²) in [6.07, 6.45) is 1.06. The second-order valence-electron chi connectivity index (χ2n) is 8.49. The molecule has 0 spiro atoms. The van der Waals surface area contributed by atoms with Crippen molar-refractivity contribution in [1.82, 2.24) is 4.90 Å². The molecular weight excluding hydrogens is 500 g/mol. The van der Waals surface area contributed by atoms with Crippen LogP contribution in [0.3, 0.4) is 0 Å². The van der Waals surface area contributed by atoms with Gasteiger partial charge in [-0.1, -0.05) is 48.0 Å². The third kappa shape index (κ3) is 5.37. The third-order valence-electron chi connectivity index (χ3n) is 5.64. The molecule has 186 valence electrons. The number of sulfonamides is 1. The highest BCUT2D eigenvalue weighted by molar-refractivity contribution is 7.92. The normalized spacial score (nSPS) is 14.1. The fraction of sp³-hybridized carbons (Fsp3) is 0.154. The summed E-state index contributed by atoms with van der Waals surface area (Å²) in [5.74, 6) is -0.606. The van der Waals surface area contributed by atoms with Crippen LogP contribution in [0.15, 0.2) is 72.8 Å². The maximum absolute atomic E-state index is 13.0. The molecule has 1 heterocycles. The molecule has 0 atom stereocenters. The van der Waals surface area contributed by atoms with Crippen molar-refractivity contribution < 1.29 is 18.0 Å². The van der Waals surface area contributed by atoms with E-state index in [1.54, 1.807) is 56.6 Å². The molecule has 1 aliphatic rings. The molecule has 2 amide bonds. The zero-order chi connectivity index (χ0) is 26.0. The SMILES string of the molecule is CN(C)C(=O)CN(c1ccc(N/C(=C2\C(=O)Nc3cc(Cl)ccc32)c2ccccc2)cc1)S(C)(=O)=O. The molecule has 0 saturated carbocycles. The van der Waals surface area contributed by atoms with Gasteiger partial charge in [0.15, 0.2) is 0 Å². The minimum Gasteiger partial charge on any atom is -0.354 e. The predicted molar refractivity (Wildman–Crippen MR) is 144 cm³/mol. The van der Waals surface area contributed by atoms with Gasteiger partial charge in [-0.25, -0.2) is 8.42 Å². The largest absolute Gasteiger partial charge is 0.354 e. The van der Waals surface area contributed by atoms with Crippen LogP contribution in [-0.4, -0.2) is 52.0 Å². The third-order valence-corrected chi connectivity index (χ3v) is 7.02. The van der Waals surface area contributed by atoms with Gasteiger partial charge in [-0.15, -0.1) is 0 Å². The lowest BCUT2D eigenvalue weighted by Crippen LogP contribution is -2.39. The number of nitrogens with one attached hydrogen (secondary N) is 2. The molecule has 8 nitrogen and oxygen atoms in total. The standard InChI is InChI=1S/C26H25ClN4O4S/c1-30(2)23(32)16-31(36(3,34)35)20-12-10-19(11-13-20)28-25(17-7-5-4-6-8-17)24-21-14-9-18(27)15-22(21)29-26(24)33/h4-15,28H,16H2,1-3H3,(H,29,33)/b25-24-. The van der Waals surface area contributed by atoms with E-state index in [-0.39, 0.29) is 18.4 Å². The number of carbonyl (C=O) groups is 2. The number of hydrogen-bond donors (Lipinski definition) is 2. The Labute approximate surface area is 215 Å². The van der Waals surface area contributed by atoms with Crippen molar-refractivity contribution in [3.8, 4) is 0 Å². The van der Waals surface area contributed by atoms with Crippen molar-refractivity contribution in [2.75, 3.05) is 41.8 Å². The maximum Gasteiger partial charge on any atom is 0.258 e. The molecule has 0 saturated heterocycles. The summed E-state index contributed by atoms with van der Waals surface area (Å²) in [5.41, 5.74) is 4.18. The van der Waals surface area contributed by atoms with Gasteiger partial charge < -0.3 is 15.5 Å². The average molecular weight is 525 g/mol. The van der Waals surface area contributed by atoms with Crippen molar-refractivity contribution in [2.24, 2.45) is 0 Å². The predicted octanol–water partition coefficient (Wildman–Crippen LogP) is 4.13. The number of rotatable bonds is 7. The van der Waals surface area contributed by atoms with E-state index in [0.717, 1.165) is 21.7 Å². The van der Waals surface area contributed by atoms with Crippen LogP contribution in [0.4, 0.5) is 17.1 Å². The van der Waals surface area contributed by atoms with Gasteiger partial charge in [0.1, 0.15) is 6.54 Å². The van der Waals surface area contributed by atoms with Gasteiger partial charge >= 0.3 is 0 Å². The fourth-order valence-corrected chi connectivity index (χ4v) is 4.82. The first-order valence-corrected chi connectivity index (χ1v) is 13.2. The minimum absolute atomic E-state index is 0.263. The molecular formula is C26H25ClN4O4S. The van der Waals surface area contributed by atoms with Crippen LogP contribution >= 0.6 is 11.6 Å². The van der Waals surface area contributed by atoms with E-state index in [4.69, 9.17) is 11.6 Å². The van der Waals surface area contributed by atoms with E-state index >= 15 is 0 Å². The number of nitrogens with zero attached hydrogens (tertiary/aromatic N) is 2. The first-order chi connectivity index (χ1) is 17.0. The molecule has 0 bridgehead atoms. The summed E-state index contributed by atoms with van der Waals surface area (Å²) in [6, 6.07) is 21.3. The van der Waals surface area contributed by atoms with E-state index in [2.05, 4.69) is 10.6 Å². The Morgan fingerprint density at radius 2 is 1.67 bits per heavy atom. The second kappa shape index (κ2) is 10.0. The molecule has 0 fully saturated rings. The van der Waals surface area contributed by atoms with Gasteiger partial charge in [-0.05, 0) is 42.0 Å². The van der Waals surface area contributed by atoms with Gasteiger partial charge in [0.25, 0.3) is 5.91 Å². The summed E-state index contributed by atoms with van der Waals surface area (Å²) in [4.78, 5) is 26.5. The van der Waals surface area contributed by atoms with Gasteiger partial charge in [0, 0.05) is 30.4 Å². The first kappa shape index (κ1) is 25.3. The number of amides is 2. The van der Waals surface area contributed by atoms with E-state index in [1.807, 2.05) is 30.3 Å². The summed E-state index contributed by atoms with van der Waals surface area (Å²) in [7, 11) is -0.552. The molecule has 3 aromatic rings. The second-order valence-corrected chi connectivity index (χ2v) is 10.8. The maximum atomic E-state index is 13.0. The number of hydrogen-bond acceptors (Lipinski definition) is 5.